The third-order valence-corrected chi connectivity index (χ3v) is 4.19. The van der Waals surface area contributed by atoms with Crippen molar-refractivity contribution in [2.45, 2.75) is 52.1 Å². The summed E-state index contributed by atoms with van der Waals surface area (Å²) in [6, 6.07) is 1.56. The highest BCUT2D eigenvalue weighted by atomic mass is 32.2. The molecule has 0 amide bonds. The summed E-state index contributed by atoms with van der Waals surface area (Å²) in [4.78, 5) is 0. The minimum absolute atomic E-state index is 0.739. The molecule has 14 heavy (non-hydrogen) atoms. The highest BCUT2D eigenvalue weighted by molar-refractivity contribution is 7.98. The van der Waals surface area contributed by atoms with E-state index in [1.54, 1.807) is 0 Å². The molecule has 1 rings (SSSR count). The second-order valence-corrected chi connectivity index (χ2v) is 5.81. The van der Waals surface area contributed by atoms with E-state index in [4.69, 9.17) is 0 Å². The van der Waals surface area contributed by atoms with Gasteiger partial charge in [-0.2, -0.15) is 11.8 Å². The molecule has 1 nitrogen and oxygen atoms in total. The van der Waals surface area contributed by atoms with Crippen LogP contribution in [0.25, 0.3) is 0 Å². The van der Waals surface area contributed by atoms with Gasteiger partial charge in [-0.05, 0) is 37.4 Å². The summed E-state index contributed by atoms with van der Waals surface area (Å²) in [5.41, 5.74) is 0. The Balaban J connectivity index is 2.14. The predicted molar refractivity (Wildman–Crippen MR) is 66.9 cm³/mol. The molecule has 0 saturated heterocycles. The number of hydrogen-bond acceptors (Lipinski definition) is 2. The zero-order valence-electron chi connectivity index (χ0n) is 10.0. The van der Waals surface area contributed by atoms with Crippen LogP contribution in [0.1, 0.15) is 40.0 Å². The third kappa shape index (κ3) is 3.47. The molecule has 1 aliphatic rings. The Morgan fingerprint density at radius 2 is 2.00 bits per heavy atom. The summed E-state index contributed by atoms with van der Waals surface area (Å²) in [6.07, 6.45) is 6.27. The van der Waals surface area contributed by atoms with Crippen molar-refractivity contribution in [1.82, 2.24) is 5.32 Å². The van der Waals surface area contributed by atoms with E-state index in [1.165, 1.54) is 25.0 Å². The fraction of sp³-hybridized carbons (Fsp3) is 1.00. The Morgan fingerprint density at radius 3 is 2.43 bits per heavy atom. The van der Waals surface area contributed by atoms with Crippen molar-refractivity contribution in [2.75, 3.05) is 12.0 Å². The monoisotopic (exact) mass is 215 g/mol. The van der Waals surface area contributed by atoms with Crippen LogP contribution in [0.4, 0.5) is 0 Å². The molecule has 1 saturated carbocycles. The average Bonchev–Trinajstić information content (AvgIpc) is 2.07. The van der Waals surface area contributed by atoms with Crippen molar-refractivity contribution in [3.05, 3.63) is 0 Å². The summed E-state index contributed by atoms with van der Waals surface area (Å²) in [5, 5.41) is 3.77. The molecular weight excluding hydrogens is 190 g/mol. The predicted octanol–water partition coefficient (Wildman–Crippen LogP) is 3.15. The lowest BCUT2D eigenvalue weighted by molar-refractivity contribution is 0.159. The molecule has 0 aliphatic heterocycles. The molecule has 1 atom stereocenters. The Bertz CT molecular complexity index is 152. The Labute approximate surface area is 93.4 Å². The smallest absolute Gasteiger partial charge is 0.0158 e. The van der Waals surface area contributed by atoms with Gasteiger partial charge in [-0.25, -0.2) is 0 Å². The fourth-order valence-electron chi connectivity index (χ4n) is 2.16. The zero-order chi connectivity index (χ0) is 10.6. The molecule has 0 radical (unpaired) electrons. The number of nitrogens with one attached hydrogen (secondary N) is 1. The standard InChI is InChI=1S/C12H25NS/c1-5-11(8-14-4)13-12-6-10(7-12)9(2)3/h9-13H,5-8H2,1-4H3. The maximum atomic E-state index is 3.77. The molecule has 0 bridgehead atoms. The van der Waals surface area contributed by atoms with Crippen molar-refractivity contribution in [1.29, 1.82) is 0 Å². The Hall–Kier alpha value is 0.310. The normalized spacial score (nSPS) is 28.9. The van der Waals surface area contributed by atoms with Crippen LogP contribution in [-0.4, -0.2) is 24.1 Å². The lowest BCUT2D eigenvalue weighted by Crippen LogP contribution is -2.48. The van der Waals surface area contributed by atoms with Crippen LogP contribution in [0, 0.1) is 11.8 Å². The van der Waals surface area contributed by atoms with Gasteiger partial charge in [-0.1, -0.05) is 20.8 Å². The second kappa shape index (κ2) is 6.02. The summed E-state index contributed by atoms with van der Waals surface area (Å²) in [7, 11) is 0. The Kier molecular flexibility index (Phi) is 5.32. The van der Waals surface area contributed by atoms with Crippen LogP contribution in [0.2, 0.25) is 0 Å². The zero-order valence-corrected chi connectivity index (χ0v) is 10.9. The van der Waals surface area contributed by atoms with Crippen molar-refractivity contribution < 1.29 is 0 Å². The molecule has 1 N–H and O–H groups in total. The maximum absolute atomic E-state index is 3.77. The van der Waals surface area contributed by atoms with Crippen LogP contribution in [0.15, 0.2) is 0 Å². The number of hydrogen-bond donors (Lipinski definition) is 1. The van der Waals surface area contributed by atoms with Crippen molar-refractivity contribution in [3.63, 3.8) is 0 Å². The van der Waals surface area contributed by atoms with Crippen LogP contribution >= 0.6 is 11.8 Å². The Morgan fingerprint density at radius 1 is 1.36 bits per heavy atom. The van der Waals surface area contributed by atoms with Gasteiger partial charge in [0, 0.05) is 17.8 Å². The van der Waals surface area contributed by atoms with Gasteiger partial charge >= 0.3 is 0 Å². The lowest BCUT2D eigenvalue weighted by atomic mass is 9.73. The maximum Gasteiger partial charge on any atom is 0.0158 e. The molecule has 0 aromatic rings. The van der Waals surface area contributed by atoms with E-state index < -0.39 is 0 Å². The molecule has 1 aliphatic carbocycles. The summed E-state index contributed by atoms with van der Waals surface area (Å²) in [5.74, 6) is 3.13. The molecule has 0 aromatic carbocycles. The quantitative estimate of drug-likeness (QED) is 0.730. The molecular formula is C12H25NS. The first-order chi connectivity index (χ1) is 6.67. The van der Waals surface area contributed by atoms with Gasteiger partial charge in [0.05, 0.1) is 0 Å². The first kappa shape index (κ1) is 12.4. The lowest BCUT2D eigenvalue weighted by Gasteiger charge is -2.40. The van der Waals surface area contributed by atoms with Crippen LogP contribution in [0.5, 0.6) is 0 Å². The van der Waals surface area contributed by atoms with Gasteiger partial charge in [-0.3, -0.25) is 0 Å². The van der Waals surface area contributed by atoms with Gasteiger partial charge in [-0.15, -0.1) is 0 Å². The average molecular weight is 215 g/mol. The SMILES string of the molecule is CCC(CSC)NC1CC(C(C)C)C1. The second-order valence-electron chi connectivity index (χ2n) is 4.90. The van der Waals surface area contributed by atoms with Crippen molar-refractivity contribution in [2.24, 2.45) is 11.8 Å². The molecule has 0 aromatic heterocycles. The topological polar surface area (TPSA) is 12.0 Å². The molecule has 2 heteroatoms. The number of rotatable bonds is 6. The number of thioether (sulfide) groups is 1. The van der Waals surface area contributed by atoms with Crippen LogP contribution < -0.4 is 5.32 Å². The minimum Gasteiger partial charge on any atom is -0.310 e. The first-order valence-corrected chi connectivity index (χ1v) is 7.31. The van der Waals surface area contributed by atoms with E-state index in [9.17, 15) is 0 Å². The van der Waals surface area contributed by atoms with E-state index >= 15 is 0 Å². The minimum atomic E-state index is 0.739. The molecule has 1 unspecified atom stereocenters. The van der Waals surface area contributed by atoms with Gasteiger partial charge in [0.2, 0.25) is 0 Å². The van der Waals surface area contributed by atoms with Crippen LogP contribution in [0.3, 0.4) is 0 Å². The molecule has 84 valence electrons. The molecule has 0 heterocycles. The van der Waals surface area contributed by atoms with Gasteiger partial charge in [0.25, 0.3) is 0 Å². The molecule has 0 spiro atoms. The van der Waals surface area contributed by atoms with E-state index in [0.29, 0.717) is 0 Å². The van der Waals surface area contributed by atoms with Crippen LogP contribution in [-0.2, 0) is 0 Å². The van der Waals surface area contributed by atoms with E-state index in [0.717, 1.165) is 23.9 Å². The highest BCUT2D eigenvalue weighted by Crippen LogP contribution is 2.33. The third-order valence-electron chi connectivity index (χ3n) is 3.45. The van der Waals surface area contributed by atoms with Gasteiger partial charge < -0.3 is 5.32 Å². The van der Waals surface area contributed by atoms with E-state index in [2.05, 4.69) is 32.3 Å². The highest BCUT2D eigenvalue weighted by Gasteiger charge is 2.31. The van der Waals surface area contributed by atoms with E-state index in [-0.39, 0.29) is 0 Å². The summed E-state index contributed by atoms with van der Waals surface area (Å²) in [6.45, 7) is 6.98. The van der Waals surface area contributed by atoms with Gasteiger partial charge in [0.1, 0.15) is 0 Å². The van der Waals surface area contributed by atoms with Crippen molar-refractivity contribution >= 4 is 11.8 Å². The summed E-state index contributed by atoms with van der Waals surface area (Å²) < 4.78 is 0. The fourth-order valence-corrected chi connectivity index (χ4v) is 2.89. The van der Waals surface area contributed by atoms with Gasteiger partial charge in [0.15, 0.2) is 0 Å². The molecule has 1 fully saturated rings. The van der Waals surface area contributed by atoms with Crippen molar-refractivity contribution in [3.8, 4) is 0 Å². The largest absolute Gasteiger partial charge is 0.310 e. The van der Waals surface area contributed by atoms with E-state index in [1.807, 2.05) is 11.8 Å². The first-order valence-electron chi connectivity index (χ1n) is 5.92. The summed E-state index contributed by atoms with van der Waals surface area (Å²) >= 11 is 1.96.